The number of thiophene rings is 1. The lowest BCUT2D eigenvalue weighted by Gasteiger charge is -2.09. The number of benzene rings is 1. The van der Waals surface area contributed by atoms with Gasteiger partial charge in [-0.15, -0.1) is 22.9 Å². The molecule has 0 aliphatic rings. The second-order valence-electron chi connectivity index (χ2n) is 4.17. The fourth-order valence-corrected chi connectivity index (χ4v) is 3.62. The van der Waals surface area contributed by atoms with Crippen molar-refractivity contribution in [3.05, 3.63) is 55.7 Å². The van der Waals surface area contributed by atoms with Crippen LogP contribution in [0, 0.1) is 13.8 Å². The van der Waals surface area contributed by atoms with Gasteiger partial charge in [-0.05, 0) is 49.6 Å². The van der Waals surface area contributed by atoms with Crippen LogP contribution in [0.5, 0.6) is 0 Å². The molecule has 1 unspecified atom stereocenters. The molecule has 3 heteroatoms. The molecule has 2 aromatic rings. The summed E-state index contributed by atoms with van der Waals surface area (Å²) in [6.07, 6.45) is 0.881. The van der Waals surface area contributed by atoms with Crippen LogP contribution in [0.2, 0.25) is 0 Å². The second kappa shape index (κ2) is 5.55. The standard InChI is InChI=1S/C14H14BrClS/c1-9-7-13(10(2)17-9)14(16)8-11-3-5-12(15)6-4-11/h3-7,14H,8H2,1-2H3. The largest absolute Gasteiger partial charge is 0.146 e. The van der Waals surface area contributed by atoms with E-state index in [9.17, 15) is 0 Å². The van der Waals surface area contributed by atoms with Crippen LogP contribution in [0.4, 0.5) is 0 Å². The summed E-state index contributed by atoms with van der Waals surface area (Å²) >= 11 is 11.8. The predicted octanol–water partition coefficient (Wildman–Crippen LogP) is 5.65. The fourth-order valence-electron chi connectivity index (χ4n) is 1.90. The van der Waals surface area contributed by atoms with Gasteiger partial charge in [0.1, 0.15) is 0 Å². The lowest BCUT2D eigenvalue weighted by Crippen LogP contribution is -1.95. The lowest BCUT2D eigenvalue weighted by atomic mass is 10.0. The first-order valence-corrected chi connectivity index (χ1v) is 7.56. The summed E-state index contributed by atoms with van der Waals surface area (Å²) in [5, 5.41) is 0.0705. The zero-order chi connectivity index (χ0) is 12.4. The monoisotopic (exact) mass is 328 g/mol. The Hall–Kier alpha value is -0.310. The van der Waals surface area contributed by atoms with Crippen molar-refractivity contribution in [2.75, 3.05) is 0 Å². The first-order chi connectivity index (χ1) is 8.06. The maximum Gasteiger partial charge on any atom is 0.0636 e. The highest BCUT2D eigenvalue weighted by molar-refractivity contribution is 9.10. The number of hydrogen-bond donors (Lipinski definition) is 0. The van der Waals surface area contributed by atoms with Gasteiger partial charge in [-0.3, -0.25) is 0 Å². The average molecular weight is 330 g/mol. The molecule has 0 fully saturated rings. The summed E-state index contributed by atoms with van der Waals surface area (Å²) < 4.78 is 1.11. The molecule has 2 rings (SSSR count). The van der Waals surface area contributed by atoms with Gasteiger partial charge in [-0.25, -0.2) is 0 Å². The van der Waals surface area contributed by atoms with E-state index in [-0.39, 0.29) is 5.38 Å². The minimum absolute atomic E-state index is 0.0705. The molecule has 0 saturated heterocycles. The van der Waals surface area contributed by atoms with E-state index in [1.807, 2.05) is 11.3 Å². The van der Waals surface area contributed by atoms with Crippen LogP contribution in [0.3, 0.4) is 0 Å². The molecule has 0 spiro atoms. The van der Waals surface area contributed by atoms with Gasteiger partial charge in [0, 0.05) is 14.2 Å². The van der Waals surface area contributed by atoms with Crippen molar-refractivity contribution in [1.29, 1.82) is 0 Å². The van der Waals surface area contributed by atoms with Crippen molar-refractivity contribution in [1.82, 2.24) is 0 Å². The lowest BCUT2D eigenvalue weighted by molar-refractivity contribution is 0.917. The van der Waals surface area contributed by atoms with Gasteiger partial charge in [0.25, 0.3) is 0 Å². The normalized spacial score (nSPS) is 12.7. The first kappa shape index (κ1) is 13.1. The predicted molar refractivity (Wildman–Crippen MR) is 80.2 cm³/mol. The Morgan fingerprint density at radius 3 is 2.41 bits per heavy atom. The molecular formula is C14H14BrClS. The van der Waals surface area contributed by atoms with Crippen LogP contribution >= 0.6 is 38.9 Å². The molecule has 1 aromatic carbocycles. The van der Waals surface area contributed by atoms with Crippen LogP contribution in [-0.2, 0) is 6.42 Å². The molecule has 0 bridgehead atoms. The Kier molecular flexibility index (Phi) is 4.29. The molecule has 0 nitrogen and oxygen atoms in total. The minimum Gasteiger partial charge on any atom is -0.146 e. The Morgan fingerprint density at radius 2 is 1.88 bits per heavy atom. The Bertz CT molecular complexity index is 501. The quantitative estimate of drug-likeness (QED) is 0.638. The molecule has 1 atom stereocenters. The van der Waals surface area contributed by atoms with E-state index in [1.165, 1.54) is 20.9 Å². The van der Waals surface area contributed by atoms with Crippen LogP contribution in [0.25, 0.3) is 0 Å². The van der Waals surface area contributed by atoms with E-state index in [0.29, 0.717) is 0 Å². The van der Waals surface area contributed by atoms with Gasteiger partial charge in [0.05, 0.1) is 5.38 Å². The molecule has 1 heterocycles. The highest BCUT2D eigenvalue weighted by Gasteiger charge is 2.13. The summed E-state index contributed by atoms with van der Waals surface area (Å²) in [6, 6.07) is 10.6. The summed E-state index contributed by atoms with van der Waals surface area (Å²) in [4.78, 5) is 2.67. The van der Waals surface area contributed by atoms with E-state index >= 15 is 0 Å². The number of aryl methyl sites for hydroxylation is 2. The molecule has 0 N–H and O–H groups in total. The van der Waals surface area contributed by atoms with Crippen molar-refractivity contribution in [2.45, 2.75) is 25.6 Å². The second-order valence-corrected chi connectivity index (χ2v) is 7.07. The molecule has 1 aromatic heterocycles. The van der Waals surface area contributed by atoms with Crippen LogP contribution in [0.15, 0.2) is 34.8 Å². The molecule has 0 amide bonds. The minimum atomic E-state index is 0.0705. The molecule has 0 aliphatic heterocycles. The highest BCUT2D eigenvalue weighted by atomic mass is 79.9. The van der Waals surface area contributed by atoms with Crippen molar-refractivity contribution in [3.8, 4) is 0 Å². The molecule has 0 aliphatic carbocycles. The van der Waals surface area contributed by atoms with Crippen molar-refractivity contribution in [3.63, 3.8) is 0 Å². The van der Waals surface area contributed by atoms with E-state index in [0.717, 1.165) is 10.9 Å². The van der Waals surface area contributed by atoms with Crippen LogP contribution in [-0.4, -0.2) is 0 Å². The van der Waals surface area contributed by atoms with Gasteiger partial charge in [0.2, 0.25) is 0 Å². The molecule has 90 valence electrons. The zero-order valence-electron chi connectivity index (χ0n) is 9.84. The number of rotatable bonds is 3. The van der Waals surface area contributed by atoms with Crippen molar-refractivity contribution < 1.29 is 0 Å². The maximum atomic E-state index is 6.49. The maximum absolute atomic E-state index is 6.49. The average Bonchev–Trinajstić information content (AvgIpc) is 2.61. The number of hydrogen-bond acceptors (Lipinski definition) is 1. The van der Waals surface area contributed by atoms with Gasteiger partial charge in [-0.2, -0.15) is 0 Å². The Morgan fingerprint density at radius 1 is 1.24 bits per heavy atom. The van der Waals surface area contributed by atoms with Gasteiger partial charge in [-0.1, -0.05) is 28.1 Å². The number of halogens is 2. The topological polar surface area (TPSA) is 0 Å². The van der Waals surface area contributed by atoms with E-state index < -0.39 is 0 Å². The fraction of sp³-hybridized carbons (Fsp3) is 0.286. The highest BCUT2D eigenvalue weighted by Crippen LogP contribution is 2.32. The van der Waals surface area contributed by atoms with Gasteiger partial charge in [0.15, 0.2) is 0 Å². The van der Waals surface area contributed by atoms with Gasteiger partial charge < -0.3 is 0 Å². The molecule has 0 radical (unpaired) electrons. The summed E-state index contributed by atoms with van der Waals surface area (Å²) in [5.41, 5.74) is 2.55. The third kappa shape index (κ3) is 3.34. The van der Waals surface area contributed by atoms with Gasteiger partial charge >= 0.3 is 0 Å². The van der Waals surface area contributed by atoms with E-state index in [2.05, 4.69) is 60.1 Å². The SMILES string of the molecule is Cc1cc(C(Cl)Cc2ccc(Br)cc2)c(C)s1. The third-order valence-corrected chi connectivity index (χ3v) is 4.64. The Balaban J connectivity index is 2.14. The first-order valence-electron chi connectivity index (χ1n) is 5.51. The summed E-state index contributed by atoms with van der Waals surface area (Å²) in [6.45, 7) is 4.27. The smallest absolute Gasteiger partial charge is 0.0636 e. The zero-order valence-corrected chi connectivity index (χ0v) is 13.0. The van der Waals surface area contributed by atoms with Crippen LogP contribution < -0.4 is 0 Å². The van der Waals surface area contributed by atoms with Crippen molar-refractivity contribution in [2.24, 2.45) is 0 Å². The van der Waals surface area contributed by atoms with E-state index in [4.69, 9.17) is 11.6 Å². The third-order valence-electron chi connectivity index (χ3n) is 2.75. The van der Waals surface area contributed by atoms with E-state index in [1.54, 1.807) is 0 Å². The number of alkyl halides is 1. The molecular weight excluding hydrogens is 316 g/mol. The van der Waals surface area contributed by atoms with Crippen LogP contribution in [0.1, 0.15) is 26.3 Å². The Labute approximate surface area is 120 Å². The molecule has 0 saturated carbocycles. The summed E-state index contributed by atoms with van der Waals surface area (Å²) in [5.74, 6) is 0. The summed E-state index contributed by atoms with van der Waals surface area (Å²) in [7, 11) is 0. The molecule has 17 heavy (non-hydrogen) atoms. The van der Waals surface area contributed by atoms with Crippen molar-refractivity contribution >= 4 is 38.9 Å².